The fraction of sp³-hybridized carbons (Fsp3) is 0.811. The van der Waals surface area contributed by atoms with E-state index in [1.807, 2.05) is 6.92 Å². The van der Waals surface area contributed by atoms with Crippen molar-refractivity contribution in [2.45, 2.75) is 110 Å². The summed E-state index contributed by atoms with van der Waals surface area (Å²) >= 11 is 0. The van der Waals surface area contributed by atoms with Crippen molar-refractivity contribution < 1.29 is 62.7 Å². The predicted octanol–water partition coefficient (Wildman–Crippen LogP) is 1.39. The Balaban J connectivity index is 0. The Kier molecular flexibility index (Phi) is 37.2. The van der Waals surface area contributed by atoms with Crippen molar-refractivity contribution in [3.8, 4) is 0 Å². The van der Waals surface area contributed by atoms with E-state index in [0.717, 1.165) is 11.8 Å². The first-order valence-corrected chi connectivity index (χ1v) is 19.4. The van der Waals surface area contributed by atoms with E-state index in [4.69, 9.17) is 29.2 Å². The molecule has 7 N–H and O–H groups in total. The average molecular weight is 792 g/mol. The highest BCUT2D eigenvalue weighted by Gasteiger charge is 2.20. The Labute approximate surface area is 326 Å². The van der Waals surface area contributed by atoms with E-state index in [9.17, 15) is 33.6 Å². The number of unbranched alkanes of at least 4 members (excludes halogenated alkanes) is 1. The molecule has 0 aliphatic heterocycles. The lowest BCUT2D eigenvalue weighted by Gasteiger charge is -2.24. The van der Waals surface area contributed by atoms with Gasteiger partial charge in [-0.15, -0.1) is 0 Å². The van der Waals surface area contributed by atoms with Crippen LogP contribution in [-0.4, -0.2) is 137 Å². The van der Waals surface area contributed by atoms with Crippen LogP contribution in [0, 0.1) is 11.8 Å². The number of carboxylic acid groups (broad SMARTS) is 2. The minimum absolute atomic E-state index is 0.0246. The van der Waals surface area contributed by atoms with E-state index < -0.39 is 29.9 Å². The number of amides is 5. The van der Waals surface area contributed by atoms with Crippen LogP contribution >= 0.6 is 0 Å². The van der Waals surface area contributed by atoms with Crippen LogP contribution in [-0.2, 0) is 52.5 Å². The van der Waals surface area contributed by atoms with Gasteiger partial charge in [0.2, 0.25) is 30.5 Å². The molecule has 18 heteroatoms. The maximum atomic E-state index is 11.7. The summed E-state index contributed by atoms with van der Waals surface area (Å²) in [6.07, 6.45) is 10.2. The Morgan fingerprint density at radius 2 is 1.27 bits per heavy atom. The van der Waals surface area contributed by atoms with Crippen LogP contribution in [0.1, 0.15) is 98.3 Å². The third-order valence-corrected chi connectivity index (χ3v) is 8.36. The highest BCUT2D eigenvalue weighted by Crippen LogP contribution is 2.29. The van der Waals surface area contributed by atoms with E-state index in [0.29, 0.717) is 84.8 Å². The topological polar surface area (TPSA) is 257 Å². The fourth-order valence-electron chi connectivity index (χ4n) is 4.98. The molecule has 1 aliphatic rings. The summed E-state index contributed by atoms with van der Waals surface area (Å²) in [7, 11) is 0. The van der Waals surface area contributed by atoms with E-state index in [-0.39, 0.29) is 50.9 Å². The van der Waals surface area contributed by atoms with Crippen LogP contribution in [0.4, 0.5) is 0 Å². The summed E-state index contributed by atoms with van der Waals surface area (Å²) in [6, 6.07) is -2.03. The number of ether oxygens (including phenoxy) is 4. The summed E-state index contributed by atoms with van der Waals surface area (Å²) in [5.41, 5.74) is 0. The number of aliphatic carboxylic acids is 2. The molecule has 0 aromatic carbocycles. The minimum atomic E-state index is -1.16. The number of hydrogen-bond donors (Lipinski definition) is 7. The Morgan fingerprint density at radius 3 is 1.84 bits per heavy atom. The molecular formula is C37H69N5O13. The standard InChI is InChI=1S/C16H29N3O7.C12H22N2O6.C9H18/c1-2-14(21)18-6-4-3-5-13(16(23)24)19-15(22)11-26-10-9-25-8-7-17-12-20;1-2-19-7-8-20-6-5-13-11(16)4-3-10(12(17)18)14-9-15;1-3-9-6-4-8(2)5-7-9/h12-13H,2-11H2,1H3,(H,17,20)(H,18,21)(H,19,22)(H,23,24);9-10H,2-8H2,1H3,(H,13,16)(H,14,15)(H,17,18);8-9H,3-7H2,1-2H3. The zero-order chi connectivity index (χ0) is 41.5. The van der Waals surface area contributed by atoms with Gasteiger partial charge in [0.25, 0.3) is 0 Å². The van der Waals surface area contributed by atoms with Crippen molar-refractivity contribution in [1.29, 1.82) is 0 Å². The highest BCUT2D eigenvalue weighted by atomic mass is 16.5. The normalized spacial score (nSPS) is 15.6. The second-order valence-corrected chi connectivity index (χ2v) is 12.8. The molecule has 0 radical (unpaired) electrons. The Bertz CT molecular complexity index is 1030. The summed E-state index contributed by atoms with van der Waals surface area (Å²) in [5, 5.41) is 30.2. The van der Waals surface area contributed by atoms with Crippen molar-refractivity contribution in [2.24, 2.45) is 11.8 Å². The molecule has 1 fully saturated rings. The largest absolute Gasteiger partial charge is 0.480 e. The molecule has 0 saturated heterocycles. The molecule has 2 unspecified atom stereocenters. The lowest BCUT2D eigenvalue weighted by molar-refractivity contribution is -0.143. The van der Waals surface area contributed by atoms with Crippen LogP contribution in [0.5, 0.6) is 0 Å². The number of carboxylic acids is 2. The van der Waals surface area contributed by atoms with E-state index >= 15 is 0 Å². The van der Waals surface area contributed by atoms with Gasteiger partial charge in [-0.2, -0.15) is 0 Å². The minimum Gasteiger partial charge on any atom is -0.480 e. The molecule has 0 bridgehead atoms. The van der Waals surface area contributed by atoms with Crippen molar-refractivity contribution in [1.82, 2.24) is 26.6 Å². The summed E-state index contributed by atoms with van der Waals surface area (Å²) in [4.78, 5) is 76.2. The molecule has 0 aromatic rings. The van der Waals surface area contributed by atoms with Crippen LogP contribution in [0.15, 0.2) is 0 Å². The molecule has 1 saturated carbocycles. The third-order valence-electron chi connectivity index (χ3n) is 8.36. The van der Waals surface area contributed by atoms with Gasteiger partial charge >= 0.3 is 11.9 Å². The quantitative estimate of drug-likeness (QED) is 0.0388. The monoisotopic (exact) mass is 791 g/mol. The Morgan fingerprint density at radius 1 is 0.673 bits per heavy atom. The van der Waals surface area contributed by atoms with Crippen LogP contribution in [0.25, 0.3) is 0 Å². The lowest BCUT2D eigenvalue weighted by Crippen LogP contribution is -2.42. The lowest BCUT2D eigenvalue weighted by atomic mass is 9.82. The van der Waals surface area contributed by atoms with E-state index in [2.05, 4.69) is 40.4 Å². The number of carbonyl (C=O) groups excluding carboxylic acids is 5. The zero-order valence-corrected chi connectivity index (χ0v) is 33.4. The second kappa shape index (κ2) is 38.4. The molecule has 2 atom stereocenters. The summed E-state index contributed by atoms with van der Waals surface area (Å²) < 4.78 is 20.5. The molecule has 5 amide bonds. The second-order valence-electron chi connectivity index (χ2n) is 12.8. The number of hydrogen-bond acceptors (Lipinski definition) is 11. The number of carbonyl (C=O) groups is 7. The fourth-order valence-corrected chi connectivity index (χ4v) is 4.98. The number of nitrogens with one attached hydrogen (secondary N) is 5. The van der Waals surface area contributed by atoms with Gasteiger partial charge in [0.05, 0.1) is 39.6 Å². The van der Waals surface area contributed by atoms with Gasteiger partial charge in [0.1, 0.15) is 18.7 Å². The molecular weight excluding hydrogens is 722 g/mol. The molecule has 320 valence electrons. The Hall–Kier alpha value is -3.87. The van der Waals surface area contributed by atoms with Gasteiger partial charge in [-0.25, -0.2) is 9.59 Å². The molecule has 18 nitrogen and oxygen atoms in total. The van der Waals surface area contributed by atoms with Crippen LogP contribution in [0.3, 0.4) is 0 Å². The van der Waals surface area contributed by atoms with Crippen molar-refractivity contribution >= 4 is 42.5 Å². The van der Waals surface area contributed by atoms with Gasteiger partial charge in [-0.3, -0.25) is 24.0 Å². The SMILES string of the molecule is CCC(=O)NCCCCC(NC(=O)COCCOCCNC=O)C(=O)O.CCC1CCC(C)CC1.CCOCCOCCNC(=O)CCC(NC=O)C(=O)O. The van der Waals surface area contributed by atoms with Crippen molar-refractivity contribution in [3.63, 3.8) is 0 Å². The number of rotatable bonds is 31. The van der Waals surface area contributed by atoms with Gasteiger partial charge in [-0.05, 0) is 44.4 Å². The van der Waals surface area contributed by atoms with Gasteiger partial charge in [0.15, 0.2) is 0 Å². The van der Waals surface area contributed by atoms with Crippen molar-refractivity contribution in [2.75, 3.05) is 72.5 Å². The molecule has 1 aliphatic carbocycles. The van der Waals surface area contributed by atoms with Gasteiger partial charge in [-0.1, -0.05) is 52.9 Å². The highest BCUT2D eigenvalue weighted by molar-refractivity contribution is 5.84. The van der Waals surface area contributed by atoms with Gasteiger partial charge in [0, 0.05) is 39.1 Å². The first-order valence-electron chi connectivity index (χ1n) is 19.4. The molecule has 0 heterocycles. The maximum absolute atomic E-state index is 11.7. The first-order chi connectivity index (χ1) is 26.4. The molecule has 0 spiro atoms. The van der Waals surface area contributed by atoms with Crippen LogP contribution in [0.2, 0.25) is 0 Å². The molecule has 1 rings (SSSR count). The van der Waals surface area contributed by atoms with Crippen molar-refractivity contribution in [3.05, 3.63) is 0 Å². The first kappa shape index (κ1) is 53.2. The maximum Gasteiger partial charge on any atom is 0.326 e. The van der Waals surface area contributed by atoms with E-state index in [1.165, 1.54) is 32.1 Å². The average Bonchev–Trinajstić information content (AvgIpc) is 3.17. The smallest absolute Gasteiger partial charge is 0.326 e. The third kappa shape index (κ3) is 35.6. The zero-order valence-electron chi connectivity index (χ0n) is 33.4. The van der Waals surface area contributed by atoms with E-state index in [1.54, 1.807) is 6.92 Å². The molecule has 0 aromatic heterocycles. The van der Waals surface area contributed by atoms with Gasteiger partial charge < -0.3 is 55.7 Å². The van der Waals surface area contributed by atoms with Crippen LogP contribution < -0.4 is 26.6 Å². The predicted molar refractivity (Wildman–Crippen MR) is 204 cm³/mol. The summed E-state index contributed by atoms with van der Waals surface area (Å²) in [6.45, 7) is 12.1. The molecule has 55 heavy (non-hydrogen) atoms. The summed E-state index contributed by atoms with van der Waals surface area (Å²) in [5.74, 6) is -1.02.